The van der Waals surface area contributed by atoms with E-state index < -0.39 is 6.17 Å². The number of amidine groups is 1. The Hall–Kier alpha value is -2.50. The van der Waals surface area contributed by atoms with Crippen molar-refractivity contribution in [1.29, 1.82) is 0 Å². The third-order valence-electron chi connectivity index (χ3n) is 4.14. The fourth-order valence-corrected chi connectivity index (χ4v) is 3.24. The Morgan fingerprint density at radius 2 is 1.81 bits per heavy atom. The van der Waals surface area contributed by atoms with Gasteiger partial charge in [-0.25, -0.2) is 9.38 Å². The molecular formula is C21H22FN3S. The lowest BCUT2D eigenvalue weighted by atomic mass is 10.0. The highest BCUT2D eigenvalue weighted by Gasteiger charge is 2.17. The Morgan fingerprint density at radius 1 is 1.08 bits per heavy atom. The van der Waals surface area contributed by atoms with Crippen LogP contribution in [0.4, 0.5) is 10.1 Å². The fourth-order valence-electron chi connectivity index (χ4n) is 2.61. The maximum Gasteiger partial charge on any atom is 0.141 e. The first-order valence-electron chi connectivity index (χ1n) is 8.53. The Balaban J connectivity index is 1.57. The maximum atomic E-state index is 14.5. The molecule has 0 saturated heterocycles. The molecule has 0 saturated carbocycles. The molecule has 0 aliphatic carbocycles. The highest BCUT2D eigenvalue weighted by Crippen LogP contribution is 2.21. The molecule has 5 heteroatoms. The van der Waals surface area contributed by atoms with Crippen LogP contribution in [0.1, 0.15) is 29.1 Å². The van der Waals surface area contributed by atoms with Gasteiger partial charge in [0.05, 0.1) is 10.6 Å². The molecular weight excluding hydrogens is 345 g/mol. The van der Waals surface area contributed by atoms with Gasteiger partial charge in [-0.3, -0.25) is 0 Å². The van der Waals surface area contributed by atoms with Crippen LogP contribution in [0.3, 0.4) is 0 Å². The van der Waals surface area contributed by atoms with Crippen LogP contribution in [0.15, 0.2) is 77.1 Å². The smallest absolute Gasteiger partial charge is 0.141 e. The van der Waals surface area contributed by atoms with E-state index in [0.29, 0.717) is 17.9 Å². The molecule has 0 fully saturated rings. The van der Waals surface area contributed by atoms with Gasteiger partial charge in [-0.05, 0) is 41.6 Å². The number of halogens is 1. The van der Waals surface area contributed by atoms with Gasteiger partial charge in [-0.1, -0.05) is 48.5 Å². The van der Waals surface area contributed by atoms with Crippen molar-refractivity contribution in [3.63, 3.8) is 0 Å². The van der Waals surface area contributed by atoms with Gasteiger partial charge in [-0.15, -0.1) is 11.3 Å². The summed E-state index contributed by atoms with van der Waals surface area (Å²) in [6.45, 7) is 2.46. The van der Waals surface area contributed by atoms with Crippen molar-refractivity contribution in [2.75, 3.05) is 0 Å². The van der Waals surface area contributed by atoms with Crippen molar-refractivity contribution in [3.05, 3.63) is 88.1 Å². The quantitative estimate of drug-likeness (QED) is 0.457. The minimum absolute atomic E-state index is 0.274. The second-order valence-electron chi connectivity index (χ2n) is 6.12. The summed E-state index contributed by atoms with van der Waals surface area (Å²) in [5.41, 5.74) is 8.58. The second kappa shape index (κ2) is 8.74. The number of nitrogens with one attached hydrogen (secondary N) is 1. The van der Waals surface area contributed by atoms with Crippen molar-refractivity contribution in [2.24, 2.45) is 10.7 Å². The van der Waals surface area contributed by atoms with Gasteiger partial charge < -0.3 is 11.1 Å². The van der Waals surface area contributed by atoms with E-state index in [2.05, 4.69) is 10.3 Å². The van der Waals surface area contributed by atoms with Gasteiger partial charge in [0.15, 0.2) is 0 Å². The summed E-state index contributed by atoms with van der Waals surface area (Å²) in [7, 11) is 0. The highest BCUT2D eigenvalue weighted by molar-refractivity contribution is 7.12. The van der Waals surface area contributed by atoms with Crippen molar-refractivity contribution in [2.45, 2.75) is 25.7 Å². The molecule has 0 aliphatic heterocycles. The summed E-state index contributed by atoms with van der Waals surface area (Å²) >= 11 is 1.56. The number of hydrogen-bond donors (Lipinski definition) is 2. The molecule has 0 bridgehead atoms. The Labute approximate surface area is 157 Å². The predicted molar refractivity (Wildman–Crippen MR) is 108 cm³/mol. The molecule has 2 aromatic carbocycles. The van der Waals surface area contributed by atoms with E-state index in [4.69, 9.17) is 5.73 Å². The zero-order valence-electron chi connectivity index (χ0n) is 14.6. The highest BCUT2D eigenvalue weighted by atomic mass is 32.1. The Bertz CT molecular complexity index is 829. The molecule has 0 unspecified atom stereocenters. The maximum absolute atomic E-state index is 14.5. The zero-order chi connectivity index (χ0) is 18.4. The van der Waals surface area contributed by atoms with E-state index in [1.165, 1.54) is 0 Å². The summed E-state index contributed by atoms with van der Waals surface area (Å²) in [6, 6.07) is 20.7. The molecule has 3 nitrogen and oxygen atoms in total. The van der Waals surface area contributed by atoms with E-state index >= 15 is 0 Å². The van der Waals surface area contributed by atoms with Gasteiger partial charge >= 0.3 is 0 Å². The molecule has 0 radical (unpaired) electrons. The van der Waals surface area contributed by atoms with E-state index in [1.54, 1.807) is 11.3 Å². The third-order valence-corrected chi connectivity index (χ3v) is 5.04. The molecule has 3 N–H and O–H groups in total. The number of rotatable bonds is 7. The number of alkyl halides is 1. The molecule has 0 spiro atoms. The van der Waals surface area contributed by atoms with Gasteiger partial charge in [0.2, 0.25) is 0 Å². The third kappa shape index (κ3) is 4.77. The SMILES string of the molecule is C[C@H](NCc1ccc(N=C(N)c2cccs2)cc1)[C@H](F)c1ccccc1. The van der Waals surface area contributed by atoms with Crippen LogP contribution in [-0.2, 0) is 6.54 Å². The Kier molecular flexibility index (Phi) is 6.15. The second-order valence-corrected chi connectivity index (χ2v) is 7.07. The van der Waals surface area contributed by atoms with Gasteiger partial charge in [0.1, 0.15) is 12.0 Å². The van der Waals surface area contributed by atoms with Crippen molar-refractivity contribution in [1.82, 2.24) is 5.32 Å². The molecule has 26 heavy (non-hydrogen) atoms. The van der Waals surface area contributed by atoms with Crippen LogP contribution >= 0.6 is 11.3 Å². The van der Waals surface area contributed by atoms with Crippen LogP contribution in [0.25, 0.3) is 0 Å². The number of thiophene rings is 1. The molecule has 0 aliphatic rings. The lowest BCUT2D eigenvalue weighted by molar-refractivity contribution is 0.264. The van der Waals surface area contributed by atoms with Crippen LogP contribution in [0.5, 0.6) is 0 Å². The van der Waals surface area contributed by atoms with Crippen LogP contribution < -0.4 is 11.1 Å². The molecule has 0 amide bonds. The lowest BCUT2D eigenvalue weighted by Gasteiger charge is -2.18. The number of aliphatic imine (C=N–C) groups is 1. The van der Waals surface area contributed by atoms with Crippen molar-refractivity contribution >= 4 is 22.9 Å². The summed E-state index contributed by atoms with van der Waals surface area (Å²) in [6.07, 6.45) is -1.04. The Morgan fingerprint density at radius 3 is 2.46 bits per heavy atom. The minimum Gasteiger partial charge on any atom is -0.383 e. The largest absolute Gasteiger partial charge is 0.383 e. The van der Waals surface area contributed by atoms with E-state index in [1.807, 2.05) is 79.0 Å². The van der Waals surface area contributed by atoms with E-state index in [9.17, 15) is 4.39 Å². The van der Waals surface area contributed by atoms with E-state index in [-0.39, 0.29) is 6.04 Å². The number of benzene rings is 2. The van der Waals surface area contributed by atoms with Crippen molar-refractivity contribution < 1.29 is 4.39 Å². The molecule has 1 aromatic heterocycles. The summed E-state index contributed by atoms with van der Waals surface area (Å²) in [4.78, 5) is 5.39. The zero-order valence-corrected chi connectivity index (χ0v) is 15.4. The molecule has 3 rings (SSSR count). The van der Waals surface area contributed by atoms with Crippen LogP contribution in [-0.4, -0.2) is 11.9 Å². The minimum atomic E-state index is -1.04. The molecule has 134 valence electrons. The topological polar surface area (TPSA) is 50.4 Å². The standard InChI is InChI=1S/C21H22FN3S/c1-15(20(22)17-6-3-2-4-7-17)24-14-16-9-11-18(12-10-16)25-21(23)19-8-5-13-26-19/h2-13,15,20,24H,14H2,1H3,(H2,23,25)/t15-,20-/m0/s1. The first-order chi connectivity index (χ1) is 12.6. The first-order valence-corrected chi connectivity index (χ1v) is 9.41. The summed E-state index contributed by atoms with van der Waals surface area (Å²) in [5, 5.41) is 5.22. The summed E-state index contributed by atoms with van der Waals surface area (Å²) in [5.74, 6) is 0.516. The monoisotopic (exact) mass is 367 g/mol. The average molecular weight is 367 g/mol. The van der Waals surface area contributed by atoms with E-state index in [0.717, 1.165) is 16.1 Å². The van der Waals surface area contributed by atoms with Gasteiger partial charge in [-0.2, -0.15) is 0 Å². The number of nitrogens with zero attached hydrogens (tertiary/aromatic N) is 1. The average Bonchev–Trinajstić information content (AvgIpc) is 3.22. The predicted octanol–water partition coefficient (Wildman–Crippen LogP) is 4.97. The number of nitrogens with two attached hydrogens (primary N) is 1. The summed E-state index contributed by atoms with van der Waals surface area (Å²) < 4.78 is 14.5. The van der Waals surface area contributed by atoms with Crippen LogP contribution in [0, 0.1) is 0 Å². The van der Waals surface area contributed by atoms with Gasteiger partial charge in [0, 0.05) is 12.6 Å². The van der Waals surface area contributed by atoms with Gasteiger partial charge in [0.25, 0.3) is 0 Å². The van der Waals surface area contributed by atoms with Crippen LogP contribution in [0.2, 0.25) is 0 Å². The normalized spacial score (nSPS) is 14.2. The molecule has 3 aromatic rings. The molecule has 2 atom stereocenters. The first kappa shape index (κ1) is 18.3. The molecule has 1 heterocycles. The fraction of sp³-hybridized carbons (Fsp3) is 0.190. The number of hydrogen-bond acceptors (Lipinski definition) is 3. The van der Waals surface area contributed by atoms with Crippen molar-refractivity contribution in [3.8, 4) is 0 Å². The lowest BCUT2D eigenvalue weighted by Crippen LogP contribution is -2.29.